The van der Waals surface area contributed by atoms with Crippen molar-refractivity contribution in [3.63, 3.8) is 0 Å². The molecule has 14 heteroatoms. The van der Waals surface area contributed by atoms with E-state index in [4.69, 9.17) is 24.5 Å². The van der Waals surface area contributed by atoms with Crippen LogP contribution >= 0.6 is 0 Å². The number of benzene rings is 1. The summed E-state index contributed by atoms with van der Waals surface area (Å²) in [5.74, 6) is -1.07. The molecule has 14 nitrogen and oxygen atoms in total. The average molecular weight is 511 g/mol. The molecular weight excluding hydrogens is 482 g/mol. The Bertz CT molecular complexity index is 934. The summed E-state index contributed by atoms with van der Waals surface area (Å²) in [7, 11) is 0. The molecule has 1 aliphatic heterocycles. The number of aliphatic hydroxyl groups is 4. The molecule has 1 saturated heterocycles. The van der Waals surface area contributed by atoms with Crippen LogP contribution in [0.15, 0.2) is 24.3 Å². The van der Waals surface area contributed by atoms with Gasteiger partial charge in [0.15, 0.2) is 0 Å². The number of ether oxygens (including phenoxy) is 4. The van der Waals surface area contributed by atoms with Gasteiger partial charge in [-0.3, -0.25) is 4.79 Å². The van der Waals surface area contributed by atoms with Crippen molar-refractivity contribution in [1.29, 1.82) is 0 Å². The summed E-state index contributed by atoms with van der Waals surface area (Å²) >= 11 is 0. The third-order valence-corrected chi connectivity index (χ3v) is 5.14. The van der Waals surface area contributed by atoms with Crippen LogP contribution in [0.3, 0.4) is 0 Å². The van der Waals surface area contributed by atoms with Crippen LogP contribution in [-0.4, -0.2) is 99.2 Å². The Balaban J connectivity index is 1.89. The van der Waals surface area contributed by atoms with E-state index in [9.17, 15) is 34.8 Å². The van der Waals surface area contributed by atoms with Crippen LogP contribution in [0.2, 0.25) is 0 Å². The SMILES string of the molecule is CCOC(=O)[C@H](CCC(=O)C=[N+]=[N-])NC(=O)OCc1ccc(O[C@@H]2O[C@H](CO)[C@@H](O)[C@H](O)[C@H]2O)cc1. The van der Waals surface area contributed by atoms with Gasteiger partial charge in [0.25, 0.3) is 0 Å². The van der Waals surface area contributed by atoms with Gasteiger partial charge in [-0.15, -0.1) is 0 Å². The van der Waals surface area contributed by atoms with Gasteiger partial charge in [-0.1, -0.05) is 12.1 Å². The van der Waals surface area contributed by atoms with Crippen molar-refractivity contribution in [2.24, 2.45) is 0 Å². The minimum absolute atomic E-state index is 0.0651. The summed E-state index contributed by atoms with van der Waals surface area (Å²) in [6.07, 6.45) is -7.62. The van der Waals surface area contributed by atoms with Crippen molar-refractivity contribution in [3.8, 4) is 5.75 Å². The summed E-state index contributed by atoms with van der Waals surface area (Å²) in [4.78, 5) is 38.3. The number of aliphatic hydroxyl groups excluding tert-OH is 4. The van der Waals surface area contributed by atoms with Crippen LogP contribution in [0.1, 0.15) is 25.3 Å². The molecule has 0 bridgehead atoms. The fraction of sp³-hybridized carbons (Fsp3) is 0.545. The zero-order valence-corrected chi connectivity index (χ0v) is 19.4. The first kappa shape index (κ1) is 28.8. The summed E-state index contributed by atoms with van der Waals surface area (Å²) in [5.41, 5.74) is 8.92. The fourth-order valence-electron chi connectivity index (χ4n) is 3.20. The maximum Gasteiger partial charge on any atom is 0.408 e. The molecule has 0 spiro atoms. The van der Waals surface area contributed by atoms with Gasteiger partial charge in [0.05, 0.1) is 13.2 Å². The second kappa shape index (κ2) is 14.2. The molecule has 0 unspecified atom stereocenters. The van der Waals surface area contributed by atoms with E-state index in [-0.39, 0.29) is 31.8 Å². The highest BCUT2D eigenvalue weighted by atomic mass is 16.7. The molecule has 198 valence electrons. The number of carbonyl (C=O) groups is 3. The molecule has 36 heavy (non-hydrogen) atoms. The fourth-order valence-corrected chi connectivity index (χ4v) is 3.20. The number of amides is 1. The molecular formula is C22H29N3O11. The van der Waals surface area contributed by atoms with E-state index in [0.717, 1.165) is 0 Å². The predicted octanol–water partition coefficient (Wildman–Crippen LogP) is -1.33. The number of esters is 1. The lowest BCUT2D eigenvalue weighted by Crippen LogP contribution is -2.60. The van der Waals surface area contributed by atoms with E-state index in [2.05, 4.69) is 10.1 Å². The second-order valence-electron chi connectivity index (χ2n) is 7.73. The van der Waals surface area contributed by atoms with Crippen molar-refractivity contribution < 1.29 is 58.5 Å². The van der Waals surface area contributed by atoms with Gasteiger partial charge in [-0.05, 0) is 31.0 Å². The topological polar surface area (TPSA) is 217 Å². The minimum Gasteiger partial charge on any atom is -0.464 e. The Labute approximate surface area is 206 Å². The monoisotopic (exact) mass is 511 g/mol. The van der Waals surface area contributed by atoms with Crippen molar-refractivity contribution in [2.75, 3.05) is 13.2 Å². The number of rotatable bonds is 12. The second-order valence-corrected chi connectivity index (χ2v) is 7.73. The lowest BCUT2D eigenvalue weighted by atomic mass is 9.99. The number of ketones is 1. The third-order valence-electron chi connectivity index (χ3n) is 5.14. The summed E-state index contributed by atoms with van der Waals surface area (Å²) in [6.45, 7) is 0.878. The van der Waals surface area contributed by atoms with Crippen LogP contribution in [0, 0.1) is 0 Å². The van der Waals surface area contributed by atoms with E-state index in [0.29, 0.717) is 11.8 Å². The molecule has 1 aromatic rings. The van der Waals surface area contributed by atoms with Crippen molar-refractivity contribution in [1.82, 2.24) is 5.32 Å². The lowest BCUT2D eigenvalue weighted by molar-refractivity contribution is -0.277. The molecule has 1 aliphatic rings. The van der Waals surface area contributed by atoms with Crippen molar-refractivity contribution >= 4 is 24.1 Å². The zero-order chi connectivity index (χ0) is 26.7. The molecule has 0 aromatic heterocycles. The summed E-state index contributed by atoms with van der Waals surface area (Å²) < 4.78 is 20.7. The quantitative estimate of drug-likeness (QED) is 0.0958. The molecule has 6 atom stereocenters. The maximum atomic E-state index is 12.2. The van der Waals surface area contributed by atoms with E-state index >= 15 is 0 Å². The first-order valence-corrected chi connectivity index (χ1v) is 11.1. The molecule has 1 heterocycles. The third kappa shape index (κ3) is 8.37. The van der Waals surface area contributed by atoms with Crippen LogP contribution in [-0.2, 0) is 30.4 Å². The highest BCUT2D eigenvalue weighted by molar-refractivity contribution is 6.25. The molecule has 0 aliphatic carbocycles. The first-order valence-electron chi connectivity index (χ1n) is 11.1. The van der Waals surface area contributed by atoms with Crippen molar-refractivity contribution in [3.05, 3.63) is 35.4 Å². The summed E-state index contributed by atoms with van der Waals surface area (Å²) in [5, 5.41) is 41.3. The Morgan fingerprint density at radius 3 is 2.44 bits per heavy atom. The highest BCUT2D eigenvalue weighted by Crippen LogP contribution is 2.24. The minimum atomic E-state index is -1.58. The number of Topliss-reactive ketones (excluding diaryl/α,β-unsaturated/α-hetero) is 1. The molecule has 0 saturated carbocycles. The molecule has 2 rings (SSSR count). The molecule has 1 amide bonds. The van der Waals surface area contributed by atoms with E-state index in [1.807, 2.05) is 0 Å². The largest absolute Gasteiger partial charge is 0.464 e. The number of hydrogen-bond donors (Lipinski definition) is 5. The van der Waals surface area contributed by atoms with Crippen LogP contribution in [0.25, 0.3) is 5.53 Å². The van der Waals surface area contributed by atoms with E-state index < -0.39 is 61.2 Å². The normalized spacial score (nSPS) is 24.1. The van der Waals surface area contributed by atoms with Gasteiger partial charge in [-0.25, -0.2) is 9.59 Å². The summed E-state index contributed by atoms with van der Waals surface area (Å²) in [6, 6.07) is 4.90. The maximum absolute atomic E-state index is 12.2. The van der Waals surface area contributed by atoms with Crippen molar-refractivity contribution in [2.45, 2.75) is 63.1 Å². The van der Waals surface area contributed by atoms with Gasteiger partial charge in [-0.2, -0.15) is 4.79 Å². The average Bonchev–Trinajstić information content (AvgIpc) is 2.86. The Kier molecular flexibility index (Phi) is 11.4. The highest BCUT2D eigenvalue weighted by Gasteiger charge is 2.44. The molecule has 1 aromatic carbocycles. The first-order chi connectivity index (χ1) is 17.2. The Morgan fingerprint density at radius 1 is 1.14 bits per heavy atom. The van der Waals surface area contributed by atoms with Gasteiger partial charge in [0.2, 0.25) is 12.1 Å². The standard InChI is InChI=1S/C22H29N3O11/c1-2-33-20(31)15(8-5-13(27)9-24-23)25-22(32)34-11-12-3-6-14(7-4-12)35-21-19(30)18(29)17(28)16(10-26)36-21/h3-4,6-7,9,15-19,21,26,28-30H,2,5,8,10-11H2,1H3,(H,25,32)/t15-,16+,17+,18-,19+,21+/m0/s1. The van der Waals surface area contributed by atoms with E-state index in [1.54, 1.807) is 19.1 Å². The number of hydrogen-bond acceptors (Lipinski definition) is 11. The predicted molar refractivity (Wildman–Crippen MR) is 119 cm³/mol. The lowest BCUT2D eigenvalue weighted by Gasteiger charge is -2.39. The molecule has 0 radical (unpaired) electrons. The van der Waals surface area contributed by atoms with Gasteiger partial charge >= 0.3 is 18.3 Å². The number of nitrogens with zero attached hydrogens (tertiary/aromatic N) is 2. The van der Waals surface area contributed by atoms with Gasteiger partial charge in [0.1, 0.15) is 42.8 Å². The number of nitrogens with one attached hydrogen (secondary N) is 1. The number of alkyl carbamates (subject to hydrolysis) is 1. The molecule has 1 fully saturated rings. The Hall–Kier alpha value is -3.39. The van der Waals surface area contributed by atoms with Crippen LogP contribution < -0.4 is 10.1 Å². The van der Waals surface area contributed by atoms with Crippen LogP contribution in [0.5, 0.6) is 5.75 Å². The molecule has 5 N–H and O–H groups in total. The van der Waals surface area contributed by atoms with Gasteiger partial charge in [0, 0.05) is 6.42 Å². The zero-order valence-electron chi connectivity index (χ0n) is 19.4. The van der Waals surface area contributed by atoms with E-state index in [1.165, 1.54) is 12.1 Å². The Morgan fingerprint density at radius 2 is 1.83 bits per heavy atom. The number of carbonyl (C=O) groups excluding carboxylic acids is 3. The smallest absolute Gasteiger partial charge is 0.408 e. The van der Waals surface area contributed by atoms with Crippen LogP contribution in [0.4, 0.5) is 4.79 Å². The van der Waals surface area contributed by atoms with Gasteiger partial charge < -0.3 is 50.2 Å².